The molecule has 4 rings (SSSR count). The lowest BCUT2D eigenvalue weighted by Gasteiger charge is -2.37. The van der Waals surface area contributed by atoms with Gasteiger partial charge in [0, 0.05) is 31.1 Å². The molecular formula is C21H23FN4O6S3. The third kappa shape index (κ3) is 5.29. The minimum absolute atomic E-state index is 0.130. The molecule has 2 aliphatic rings. The van der Waals surface area contributed by atoms with E-state index in [1.165, 1.54) is 22.4 Å². The highest BCUT2D eigenvalue weighted by atomic mass is 32.2. The molecule has 35 heavy (non-hydrogen) atoms. The Kier molecular flexibility index (Phi) is 6.83. The number of likely N-dealkylation sites (tertiary alicyclic amines) is 1. The Morgan fingerprint density at radius 2 is 1.94 bits per heavy atom. The number of thiophene rings is 1. The van der Waals surface area contributed by atoms with Gasteiger partial charge < -0.3 is 10.2 Å². The highest BCUT2D eigenvalue weighted by Gasteiger charge is 2.46. The van der Waals surface area contributed by atoms with E-state index in [1.54, 1.807) is 19.1 Å². The number of carbonyl (C=O) groups excluding carboxylic acids is 2. The van der Waals surface area contributed by atoms with Gasteiger partial charge in [0.05, 0.1) is 6.26 Å². The normalized spacial score (nSPS) is 21.9. The number of anilines is 1. The number of hydrogen-bond acceptors (Lipinski definition) is 8. The lowest BCUT2D eigenvalue weighted by Crippen LogP contribution is -2.54. The minimum Gasteiger partial charge on any atom is -0.337 e. The fourth-order valence-corrected chi connectivity index (χ4v) is 7.11. The number of carbonyl (C=O) groups is 2. The molecule has 0 saturated carbocycles. The molecule has 14 heteroatoms. The number of halogens is 1. The topological polar surface area (TPSA) is 142 Å². The van der Waals surface area contributed by atoms with Gasteiger partial charge in [-0.2, -0.15) is 8.42 Å². The van der Waals surface area contributed by atoms with Crippen LogP contribution in [0.1, 0.15) is 24.5 Å². The van der Waals surface area contributed by atoms with E-state index in [-0.39, 0.29) is 40.9 Å². The van der Waals surface area contributed by atoms with Crippen molar-refractivity contribution < 1.29 is 30.8 Å². The molecule has 1 amide bonds. The van der Waals surface area contributed by atoms with E-state index < -0.39 is 49.4 Å². The first-order valence-corrected chi connectivity index (χ1v) is 14.8. The van der Waals surface area contributed by atoms with E-state index in [0.29, 0.717) is 12.0 Å². The van der Waals surface area contributed by atoms with Crippen LogP contribution in [0.2, 0.25) is 0 Å². The molecule has 2 aromatic rings. The summed E-state index contributed by atoms with van der Waals surface area (Å²) in [5.74, 6) is -3.67. The maximum absolute atomic E-state index is 13.4. The zero-order valence-electron chi connectivity index (χ0n) is 18.8. The summed E-state index contributed by atoms with van der Waals surface area (Å²) >= 11 is 1.01. The molecule has 1 aromatic heterocycles. The molecule has 0 radical (unpaired) electrons. The first-order valence-electron chi connectivity index (χ1n) is 10.6. The number of amides is 1. The third-order valence-electron chi connectivity index (χ3n) is 5.80. The standard InChI is InChI=1S/C21H23FN4O6S3/c1-3-13-10-26(9-12-4-6-15(22)7-5-12)21(28)16(17(13)27)19-24-20-18(35(31,32)25-19)14(11-33-20)8-23-34(2,29)30/h4-7,11,13,16,23H,3,8-10H2,1-2H3,(H,24,25). The Balaban J connectivity index is 1.65. The number of sulfonamides is 2. The molecule has 1 aromatic carbocycles. The second kappa shape index (κ2) is 9.41. The van der Waals surface area contributed by atoms with Crippen molar-refractivity contribution in [3.63, 3.8) is 0 Å². The maximum atomic E-state index is 13.4. The van der Waals surface area contributed by atoms with Gasteiger partial charge >= 0.3 is 0 Å². The van der Waals surface area contributed by atoms with Crippen LogP contribution in [0.25, 0.3) is 0 Å². The second-order valence-corrected chi connectivity index (χ2v) is 12.6. The smallest absolute Gasteiger partial charge is 0.287 e. The summed E-state index contributed by atoms with van der Waals surface area (Å²) in [6, 6.07) is 5.63. The van der Waals surface area contributed by atoms with E-state index in [1.807, 2.05) is 0 Å². The molecule has 2 atom stereocenters. The van der Waals surface area contributed by atoms with Crippen molar-refractivity contribution in [2.45, 2.75) is 31.3 Å². The minimum atomic E-state index is -4.31. The largest absolute Gasteiger partial charge is 0.337 e. The SMILES string of the molecule is CCC1CN(Cc2ccc(F)cc2)C(=O)C(C2=NS(=O)(=O)c3c(CNS(C)(=O)=O)csc3N2)C1=O. The highest BCUT2D eigenvalue weighted by Crippen LogP contribution is 2.38. The highest BCUT2D eigenvalue weighted by molar-refractivity contribution is 7.91. The Bertz CT molecular complexity index is 1420. The lowest BCUT2D eigenvalue weighted by atomic mass is 9.84. The molecule has 10 nitrogen and oxygen atoms in total. The number of nitrogens with zero attached hydrogens (tertiary/aromatic N) is 2. The average molecular weight is 543 g/mol. The molecule has 0 bridgehead atoms. The number of benzene rings is 1. The van der Waals surface area contributed by atoms with Crippen LogP contribution in [0.15, 0.2) is 38.9 Å². The van der Waals surface area contributed by atoms with E-state index in [0.717, 1.165) is 17.6 Å². The van der Waals surface area contributed by atoms with Crippen LogP contribution in [-0.4, -0.2) is 52.1 Å². The molecule has 0 aliphatic carbocycles. The fourth-order valence-electron chi connectivity index (χ4n) is 4.04. The summed E-state index contributed by atoms with van der Waals surface area (Å²) in [6.07, 6.45) is 1.39. The predicted octanol–water partition coefficient (Wildman–Crippen LogP) is 1.70. The molecule has 2 N–H and O–H groups in total. The summed E-state index contributed by atoms with van der Waals surface area (Å²) in [5, 5.41) is 4.47. The molecule has 2 unspecified atom stereocenters. The Hall–Kier alpha value is -2.68. The summed E-state index contributed by atoms with van der Waals surface area (Å²) in [6.45, 7) is 1.84. The van der Waals surface area contributed by atoms with E-state index in [2.05, 4.69) is 14.4 Å². The number of hydrogen-bond donors (Lipinski definition) is 2. The van der Waals surface area contributed by atoms with Crippen molar-refractivity contribution in [2.24, 2.45) is 16.2 Å². The number of amidine groups is 1. The number of Topliss-reactive ketones (excluding diaryl/α,β-unsaturated/α-hetero) is 1. The number of ketones is 1. The zero-order chi connectivity index (χ0) is 25.5. The quantitative estimate of drug-likeness (QED) is 0.507. The van der Waals surface area contributed by atoms with E-state index in [9.17, 15) is 30.8 Å². The van der Waals surface area contributed by atoms with Crippen LogP contribution in [0, 0.1) is 17.7 Å². The van der Waals surface area contributed by atoms with Crippen LogP contribution >= 0.6 is 11.3 Å². The van der Waals surface area contributed by atoms with Crippen LogP contribution in [0.5, 0.6) is 0 Å². The van der Waals surface area contributed by atoms with Gasteiger partial charge in [-0.25, -0.2) is 17.5 Å². The average Bonchev–Trinajstić information content (AvgIpc) is 3.19. The number of piperidine rings is 1. The molecule has 188 valence electrons. The Morgan fingerprint density at radius 1 is 1.26 bits per heavy atom. The van der Waals surface area contributed by atoms with E-state index in [4.69, 9.17) is 0 Å². The van der Waals surface area contributed by atoms with Crippen molar-refractivity contribution in [1.29, 1.82) is 0 Å². The molecule has 0 spiro atoms. The van der Waals surface area contributed by atoms with Crippen LogP contribution in [-0.2, 0) is 42.7 Å². The van der Waals surface area contributed by atoms with Gasteiger partial charge in [0.25, 0.3) is 10.0 Å². The Morgan fingerprint density at radius 3 is 2.57 bits per heavy atom. The third-order valence-corrected chi connectivity index (χ3v) is 8.96. The first kappa shape index (κ1) is 25.4. The van der Waals surface area contributed by atoms with Gasteiger partial charge in [-0.15, -0.1) is 15.7 Å². The van der Waals surface area contributed by atoms with Gasteiger partial charge in [-0.05, 0) is 29.5 Å². The van der Waals surface area contributed by atoms with E-state index >= 15 is 0 Å². The monoisotopic (exact) mass is 542 g/mol. The number of rotatable bonds is 7. The van der Waals surface area contributed by atoms with Gasteiger partial charge in [-0.1, -0.05) is 19.1 Å². The maximum Gasteiger partial charge on any atom is 0.287 e. The van der Waals surface area contributed by atoms with Crippen molar-refractivity contribution in [2.75, 3.05) is 18.1 Å². The summed E-state index contributed by atoms with van der Waals surface area (Å²) in [4.78, 5) is 27.8. The van der Waals surface area contributed by atoms with Gasteiger partial charge in [0.1, 0.15) is 21.5 Å². The van der Waals surface area contributed by atoms with Gasteiger partial charge in [0.15, 0.2) is 11.7 Å². The summed E-state index contributed by atoms with van der Waals surface area (Å²) in [7, 11) is -7.87. The first-order chi connectivity index (χ1) is 16.4. The predicted molar refractivity (Wildman–Crippen MR) is 128 cm³/mol. The molecule has 3 heterocycles. The van der Waals surface area contributed by atoms with Gasteiger partial charge in [-0.3, -0.25) is 9.59 Å². The van der Waals surface area contributed by atoms with Gasteiger partial charge in [0.2, 0.25) is 15.9 Å². The van der Waals surface area contributed by atoms with Crippen LogP contribution in [0.4, 0.5) is 9.39 Å². The van der Waals surface area contributed by atoms with Crippen LogP contribution < -0.4 is 10.0 Å². The summed E-state index contributed by atoms with van der Waals surface area (Å²) < 4.78 is 68.2. The second-order valence-electron chi connectivity index (χ2n) is 8.37. The molecular weight excluding hydrogens is 519 g/mol. The molecule has 2 aliphatic heterocycles. The van der Waals surface area contributed by atoms with Crippen molar-refractivity contribution >= 4 is 53.9 Å². The van der Waals surface area contributed by atoms with Crippen molar-refractivity contribution in [1.82, 2.24) is 9.62 Å². The summed E-state index contributed by atoms with van der Waals surface area (Å²) in [5.41, 5.74) is 0.869. The molecule has 1 fully saturated rings. The Labute approximate surface area is 206 Å². The zero-order valence-corrected chi connectivity index (χ0v) is 21.3. The van der Waals surface area contributed by atoms with Crippen LogP contribution in [0.3, 0.4) is 0 Å². The molecule has 1 saturated heterocycles. The number of nitrogens with one attached hydrogen (secondary N) is 2. The fraction of sp³-hybridized carbons (Fsp3) is 0.381. The number of fused-ring (bicyclic) bond motifs is 1. The lowest BCUT2D eigenvalue weighted by molar-refractivity contribution is -0.146. The van der Waals surface area contributed by atoms with Crippen molar-refractivity contribution in [3.05, 3.63) is 46.6 Å². The van der Waals surface area contributed by atoms with Crippen molar-refractivity contribution in [3.8, 4) is 0 Å².